The van der Waals surface area contributed by atoms with Gasteiger partial charge in [0.2, 0.25) is 0 Å². The van der Waals surface area contributed by atoms with Gasteiger partial charge < -0.3 is 9.74 Å². The number of fused-ring (bicyclic) bond motifs is 1. The summed E-state index contributed by atoms with van der Waals surface area (Å²) in [4.78, 5) is 27.7. The first-order valence-corrected chi connectivity index (χ1v) is 7.29. The molecule has 2 aromatic carbocycles. The van der Waals surface area contributed by atoms with Gasteiger partial charge in [-0.3, -0.25) is 20.2 Å². The standard InChI is InChI=1S/C16H14N4O5/c1-25-17-16-13-5-3-2-4-11(13)8-9-18(16)14-7-6-12(19(21)22)10-15(14)20(23)24/h2-10,16-17H,1H3. The normalized spacial score (nSPS) is 15.7. The maximum absolute atomic E-state index is 11.4. The molecule has 0 spiro atoms. The van der Waals surface area contributed by atoms with Crippen molar-refractivity contribution in [2.75, 3.05) is 12.0 Å². The number of nitrogens with zero attached hydrogens (tertiary/aromatic N) is 3. The molecule has 0 saturated carbocycles. The van der Waals surface area contributed by atoms with Crippen molar-refractivity contribution < 1.29 is 14.7 Å². The average molecular weight is 342 g/mol. The van der Waals surface area contributed by atoms with Gasteiger partial charge in [-0.05, 0) is 23.3 Å². The number of nitro benzene ring substituents is 2. The van der Waals surface area contributed by atoms with Crippen LogP contribution in [0.5, 0.6) is 0 Å². The van der Waals surface area contributed by atoms with E-state index in [0.717, 1.165) is 17.2 Å². The molecule has 2 aromatic rings. The predicted octanol–water partition coefficient (Wildman–Crippen LogP) is 3.14. The van der Waals surface area contributed by atoms with Gasteiger partial charge in [0.25, 0.3) is 11.4 Å². The van der Waals surface area contributed by atoms with Gasteiger partial charge in [0.15, 0.2) is 0 Å². The molecule has 0 aliphatic carbocycles. The van der Waals surface area contributed by atoms with Crippen molar-refractivity contribution in [2.45, 2.75) is 6.17 Å². The second-order valence-corrected chi connectivity index (χ2v) is 5.26. The van der Waals surface area contributed by atoms with E-state index in [1.807, 2.05) is 30.3 Å². The Balaban J connectivity index is 2.12. The van der Waals surface area contributed by atoms with Crippen molar-refractivity contribution in [1.29, 1.82) is 0 Å². The molecule has 1 atom stereocenters. The smallest absolute Gasteiger partial charge is 0.299 e. The minimum absolute atomic E-state index is 0.218. The van der Waals surface area contributed by atoms with E-state index < -0.39 is 16.0 Å². The summed E-state index contributed by atoms with van der Waals surface area (Å²) in [6, 6.07) is 11.1. The third-order valence-electron chi connectivity index (χ3n) is 3.86. The Hall–Kier alpha value is -3.30. The van der Waals surface area contributed by atoms with E-state index >= 15 is 0 Å². The number of nitro groups is 2. The first-order valence-electron chi connectivity index (χ1n) is 7.29. The molecule has 0 amide bonds. The van der Waals surface area contributed by atoms with Crippen LogP contribution in [0, 0.1) is 20.2 Å². The van der Waals surface area contributed by atoms with Crippen LogP contribution in [0.3, 0.4) is 0 Å². The quantitative estimate of drug-likeness (QED) is 0.656. The number of non-ortho nitro benzene ring substituents is 1. The molecular formula is C16H14N4O5. The van der Waals surface area contributed by atoms with Gasteiger partial charge in [-0.2, -0.15) is 5.48 Å². The van der Waals surface area contributed by atoms with Crippen molar-refractivity contribution in [3.63, 3.8) is 0 Å². The van der Waals surface area contributed by atoms with Crippen molar-refractivity contribution in [1.82, 2.24) is 5.48 Å². The summed E-state index contributed by atoms with van der Waals surface area (Å²) in [5.41, 5.74) is 4.13. The Morgan fingerprint density at radius 2 is 1.88 bits per heavy atom. The fourth-order valence-corrected chi connectivity index (χ4v) is 2.75. The van der Waals surface area contributed by atoms with Crippen LogP contribution >= 0.6 is 0 Å². The van der Waals surface area contributed by atoms with Crippen LogP contribution in [0.2, 0.25) is 0 Å². The molecule has 9 heteroatoms. The number of anilines is 1. The van der Waals surface area contributed by atoms with E-state index in [1.54, 1.807) is 11.1 Å². The molecule has 25 heavy (non-hydrogen) atoms. The fourth-order valence-electron chi connectivity index (χ4n) is 2.75. The van der Waals surface area contributed by atoms with Gasteiger partial charge in [-0.1, -0.05) is 24.3 Å². The zero-order valence-electron chi connectivity index (χ0n) is 13.2. The van der Waals surface area contributed by atoms with E-state index in [-0.39, 0.29) is 17.1 Å². The zero-order chi connectivity index (χ0) is 18.0. The fraction of sp³-hybridized carbons (Fsp3) is 0.125. The topological polar surface area (TPSA) is 111 Å². The Bertz CT molecular complexity index is 867. The second-order valence-electron chi connectivity index (χ2n) is 5.26. The van der Waals surface area contributed by atoms with Crippen LogP contribution < -0.4 is 10.4 Å². The molecule has 0 bridgehead atoms. The highest BCUT2D eigenvalue weighted by atomic mass is 16.6. The lowest BCUT2D eigenvalue weighted by molar-refractivity contribution is -0.393. The first kappa shape index (κ1) is 16.6. The minimum atomic E-state index is -0.664. The Kier molecular flexibility index (Phi) is 4.42. The molecule has 1 aliphatic rings. The summed E-state index contributed by atoms with van der Waals surface area (Å²) >= 11 is 0. The molecular weight excluding hydrogens is 328 g/mol. The summed E-state index contributed by atoms with van der Waals surface area (Å²) in [6.45, 7) is 0. The molecule has 0 saturated heterocycles. The van der Waals surface area contributed by atoms with Gasteiger partial charge in [0.1, 0.15) is 11.9 Å². The van der Waals surface area contributed by atoms with Crippen molar-refractivity contribution in [2.24, 2.45) is 0 Å². The molecule has 1 unspecified atom stereocenters. The van der Waals surface area contributed by atoms with Crippen LogP contribution in [0.15, 0.2) is 48.7 Å². The van der Waals surface area contributed by atoms with Crippen molar-refractivity contribution in [3.05, 3.63) is 80.0 Å². The van der Waals surface area contributed by atoms with Crippen molar-refractivity contribution >= 4 is 23.1 Å². The van der Waals surface area contributed by atoms with E-state index in [4.69, 9.17) is 4.84 Å². The van der Waals surface area contributed by atoms with Crippen molar-refractivity contribution in [3.8, 4) is 0 Å². The zero-order valence-corrected chi connectivity index (χ0v) is 13.2. The van der Waals surface area contributed by atoms with Gasteiger partial charge in [0, 0.05) is 12.3 Å². The lowest BCUT2D eigenvalue weighted by atomic mass is 10.0. The Morgan fingerprint density at radius 3 is 2.56 bits per heavy atom. The van der Waals surface area contributed by atoms with Gasteiger partial charge in [0.05, 0.1) is 23.0 Å². The summed E-state index contributed by atoms with van der Waals surface area (Å²) < 4.78 is 0. The average Bonchev–Trinajstić information content (AvgIpc) is 2.61. The van der Waals surface area contributed by atoms with Crippen LogP contribution in [-0.4, -0.2) is 17.0 Å². The van der Waals surface area contributed by atoms with E-state index in [2.05, 4.69) is 5.48 Å². The maximum atomic E-state index is 11.4. The molecule has 3 rings (SSSR count). The molecule has 1 aliphatic heterocycles. The van der Waals surface area contributed by atoms with E-state index in [1.165, 1.54) is 19.2 Å². The lowest BCUT2D eigenvalue weighted by Gasteiger charge is -2.34. The van der Waals surface area contributed by atoms with Gasteiger partial charge in [-0.15, -0.1) is 0 Å². The Labute approximate surface area is 142 Å². The number of hydrogen-bond donors (Lipinski definition) is 1. The summed E-state index contributed by atoms with van der Waals surface area (Å²) in [5, 5.41) is 22.3. The molecule has 0 fully saturated rings. The minimum Gasteiger partial charge on any atom is -0.320 e. The Morgan fingerprint density at radius 1 is 1.12 bits per heavy atom. The lowest BCUT2D eigenvalue weighted by Crippen LogP contribution is -2.37. The number of nitrogens with one attached hydrogen (secondary N) is 1. The highest BCUT2D eigenvalue weighted by Crippen LogP contribution is 2.39. The third-order valence-corrected chi connectivity index (χ3v) is 3.86. The number of hydrogen-bond acceptors (Lipinski definition) is 7. The molecule has 0 aromatic heterocycles. The predicted molar refractivity (Wildman–Crippen MR) is 90.6 cm³/mol. The van der Waals surface area contributed by atoms with Crippen LogP contribution in [0.4, 0.5) is 17.1 Å². The monoisotopic (exact) mass is 342 g/mol. The molecule has 9 nitrogen and oxygen atoms in total. The summed E-state index contributed by atoms with van der Waals surface area (Å²) in [5.74, 6) is 0. The third kappa shape index (κ3) is 3.05. The van der Waals surface area contributed by atoms with Crippen LogP contribution in [0.25, 0.3) is 6.08 Å². The van der Waals surface area contributed by atoms with Gasteiger partial charge in [-0.25, -0.2) is 0 Å². The molecule has 1 N–H and O–H groups in total. The SMILES string of the molecule is CONC1c2ccccc2C=CN1c1ccc([N+](=O)[O-])cc1[N+](=O)[O-]. The van der Waals surface area contributed by atoms with Crippen LogP contribution in [0.1, 0.15) is 17.3 Å². The van der Waals surface area contributed by atoms with Crippen LogP contribution in [-0.2, 0) is 4.84 Å². The summed E-state index contributed by atoms with van der Waals surface area (Å²) in [7, 11) is 1.45. The summed E-state index contributed by atoms with van der Waals surface area (Å²) in [6.07, 6.45) is 2.97. The van der Waals surface area contributed by atoms with Gasteiger partial charge >= 0.3 is 0 Å². The maximum Gasteiger partial charge on any atom is 0.299 e. The first-order chi connectivity index (χ1) is 12.0. The molecule has 128 valence electrons. The molecule has 0 radical (unpaired) electrons. The van der Waals surface area contributed by atoms with E-state index in [9.17, 15) is 20.2 Å². The highest BCUT2D eigenvalue weighted by molar-refractivity contribution is 5.73. The number of rotatable bonds is 5. The molecule has 1 heterocycles. The van der Waals surface area contributed by atoms with E-state index in [0.29, 0.717) is 0 Å². The second kappa shape index (κ2) is 6.67. The largest absolute Gasteiger partial charge is 0.320 e. The number of hydroxylamine groups is 1. The highest BCUT2D eigenvalue weighted by Gasteiger charge is 2.30. The number of benzene rings is 2.